The molecule has 2 unspecified atom stereocenters. The molecule has 19 heavy (non-hydrogen) atoms. The average molecular weight is 262 g/mol. The molecule has 4 nitrogen and oxygen atoms in total. The van der Waals surface area contributed by atoms with Crippen molar-refractivity contribution < 1.29 is 0 Å². The van der Waals surface area contributed by atoms with Gasteiger partial charge >= 0.3 is 0 Å². The van der Waals surface area contributed by atoms with E-state index in [0.717, 1.165) is 25.9 Å². The monoisotopic (exact) mass is 262 g/mol. The Balaban J connectivity index is 1.60. The number of likely N-dealkylation sites (tertiary alicyclic amines) is 1. The molecule has 2 atom stereocenters. The molecule has 0 spiro atoms. The molecule has 3 rings (SSSR count). The van der Waals surface area contributed by atoms with E-state index in [4.69, 9.17) is 10.8 Å². The summed E-state index contributed by atoms with van der Waals surface area (Å²) < 4.78 is 2.20. The standard InChI is InChI=1S/C15H26N4/c1-12-10-13(16)6-8-18(12)11-14-7-9-19(17-14)15-4-2-3-5-15/h7,9,12-13,15H,2-6,8,10-11,16H2,1H3. The molecular formula is C15H26N4. The molecular weight excluding hydrogens is 236 g/mol. The van der Waals surface area contributed by atoms with Crippen LogP contribution in [-0.2, 0) is 6.54 Å². The number of hydrogen-bond acceptors (Lipinski definition) is 3. The Morgan fingerprint density at radius 2 is 2.11 bits per heavy atom. The Labute approximate surface area is 116 Å². The average Bonchev–Trinajstić information content (AvgIpc) is 3.03. The summed E-state index contributed by atoms with van der Waals surface area (Å²) in [6, 6.07) is 3.82. The van der Waals surface area contributed by atoms with Crippen LogP contribution in [-0.4, -0.2) is 33.3 Å². The first-order chi connectivity index (χ1) is 9.22. The molecule has 0 aromatic carbocycles. The smallest absolute Gasteiger partial charge is 0.0764 e. The molecule has 1 aromatic rings. The van der Waals surface area contributed by atoms with Gasteiger partial charge in [-0.15, -0.1) is 0 Å². The van der Waals surface area contributed by atoms with Gasteiger partial charge in [-0.05, 0) is 38.7 Å². The van der Waals surface area contributed by atoms with Crippen LogP contribution in [0, 0.1) is 0 Å². The number of piperidine rings is 1. The van der Waals surface area contributed by atoms with Crippen LogP contribution >= 0.6 is 0 Å². The fourth-order valence-electron chi connectivity index (χ4n) is 3.53. The summed E-state index contributed by atoms with van der Waals surface area (Å²) in [4.78, 5) is 2.52. The summed E-state index contributed by atoms with van der Waals surface area (Å²) in [6.45, 7) is 4.37. The van der Waals surface area contributed by atoms with Crippen molar-refractivity contribution in [3.8, 4) is 0 Å². The normalized spacial score (nSPS) is 30.0. The molecule has 1 aliphatic carbocycles. The Hall–Kier alpha value is -0.870. The van der Waals surface area contributed by atoms with Crippen molar-refractivity contribution in [2.24, 2.45) is 5.73 Å². The van der Waals surface area contributed by atoms with E-state index < -0.39 is 0 Å². The lowest BCUT2D eigenvalue weighted by molar-refractivity contribution is 0.138. The zero-order valence-electron chi connectivity index (χ0n) is 12.0. The van der Waals surface area contributed by atoms with Crippen molar-refractivity contribution >= 4 is 0 Å². The van der Waals surface area contributed by atoms with E-state index in [-0.39, 0.29) is 0 Å². The van der Waals surface area contributed by atoms with Crippen molar-refractivity contribution in [2.45, 2.75) is 70.1 Å². The van der Waals surface area contributed by atoms with Gasteiger partial charge in [0.1, 0.15) is 0 Å². The van der Waals surface area contributed by atoms with E-state index >= 15 is 0 Å². The van der Waals surface area contributed by atoms with Crippen LogP contribution in [0.5, 0.6) is 0 Å². The van der Waals surface area contributed by atoms with Gasteiger partial charge in [-0.2, -0.15) is 5.10 Å². The highest BCUT2D eigenvalue weighted by molar-refractivity contribution is 5.01. The molecule has 106 valence electrons. The second kappa shape index (κ2) is 5.63. The van der Waals surface area contributed by atoms with Gasteiger partial charge < -0.3 is 5.73 Å². The van der Waals surface area contributed by atoms with E-state index in [0.29, 0.717) is 18.1 Å². The lowest BCUT2D eigenvalue weighted by Gasteiger charge is -2.35. The molecule has 2 aliphatic rings. The van der Waals surface area contributed by atoms with Gasteiger partial charge in [0.05, 0.1) is 11.7 Å². The van der Waals surface area contributed by atoms with E-state index in [9.17, 15) is 0 Å². The van der Waals surface area contributed by atoms with E-state index in [2.05, 4.69) is 28.8 Å². The molecule has 2 N–H and O–H groups in total. The lowest BCUT2D eigenvalue weighted by Crippen LogP contribution is -2.45. The molecule has 0 radical (unpaired) electrons. The van der Waals surface area contributed by atoms with E-state index in [1.165, 1.54) is 31.4 Å². The van der Waals surface area contributed by atoms with Gasteiger partial charge in [0.15, 0.2) is 0 Å². The summed E-state index contributed by atoms with van der Waals surface area (Å²) in [5.41, 5.74) is 7.24. The Bertz CT molecular complexity index is 408. The first kappa shape index (κ1) is 13.1. The van der Waals surface area contributed by atoms with Crippen molar-refractivity contribution in [1.82, 2.24) is 14.7 Å². The van der Waals surface area contributed by atoms with Gasteiger partial charge in [-0.25, -0.2) is 0 Å². The molecule has 1 saturated heterocycles. The topological polar surface area (TPSA) is 47.1 Å². The van der Waals surface area contributed by atoms with Crippen molar-refractivity contribution in [3.05, 3.63) is 18.0 Å². The van der Waals surface area contributed by atoms with Gasteiger partial charge in [-0.1, -0.05) is 12.8 Å². The van der Waals surface area contributed by atoms with Gasteiger partial charge in [-0.3, -0.25) is 9.58 Å². The summed E-state index contributed by atoms with van der Waals surface area (Å²) in [6.07, 6.45) is 9.73. The fourth-order valence-corrected chi connectivity index (χ4v) is 3.53. The SMILES string of the molecule is CC1CC(N)CCN1Cc1ccn(C2CCCC2)n1. The predicted molar refractivity (Wildman–Crippen MR) is 76.8 cm³/mol. The number of nitrogens with two attached hydrogens (primary N) is 1. The van der Waals surface area contributed by atoms with Crippen LogP contribution in [0.25, 0.3) is 0 Å². The van der Waals surface area contributed by atoms with Crippen LogP contribution in [0.3, 0.4) is 0 Å². The second-order valence-electron chi connectivity index (χ2n) is 6.33. The lowest BCUT2D eigenvalue weighted by atomic mass is 9.99. The first-order valence-corrected chi connectivity index (χ1v) is 7.76. The largest absolute Gasteiger partial charge is 0.328 e. The Morgan fingerprint density at radius 1 is 1.32 bits per heavy atom. The zero-order valence-corrected chi connectivity index (χ0v) is 12.0. The second-order valence-corrected chi connectivity index (χ2v) is 6.33. The fraction of sp³-hybridized carbons (Fsp3) is 0.800. The molecule has 1 saturated carbocycles. The van der Waals surface area contributed by atoms with Crippen molar-refractivity contribution in [1.29, 1.82) is 0 Å². The molecule has 0 amide bonds. The third-order valence-corrected chi connectivity index (χ3v) is 4.78. The van der Waals surface area contributed by atoms with Crippen LogP contribution in [0.2, 0.25) is 0 Å². The van der Waals surface area contributed by atoms with Crippen molar-refractivity contribution in [3.63, 3.8) is 0 Å². The van der Waals surface area contributed by atoms with Crippen LogP contribution in [0.4, 0.5) is 0 Å². The summed E-state index contributed by atoms with van der Waals surface area (Å²) in [5, 5.41) is 4.78. The zero-order chi connectivity index (χ0) is 13.2. The summed E-state index contributed by atoms with van der Waals surface area (Å²) in [7, 11) is 0. The minimum Gasteiger partial charge on any atom is -0.328 e. The number of hydrogen-bond donors (Lipinski definition) is 1. The highest BCUT2D eigenvalue weighted by Gasteiger charge is 2.24. The third kappa shape index (κ3) is 3.00. The van der Waals surface area contributed by atoms with E-state index in [1.807, 2.05) is 0 Å². The molecule has 2 fully saturated rings. The van der Waals surface area contributed by atoms with Gasteiger partial charge in [0.2, 0.25) is 0 Å². The predicted octanol–water partition coefficient (Wildman–Crippen LogP) is 2.31. The number of nitrogens with zero attached hydrogens (tertiary/aromatic N) is 3. The molecule has 1 aliphatic heterocycles. The summed E-state index contributed by atoms with van der Waals surface area (Å²) >= 11 is 0. The van der Waals surface area contributed by atoms with Gasteiger partial charge in [0, 0.05) is 31.4 Å². The van der Waals surface area contributed by atoms with Crippen LogP contribution < -0.4 is 5.73 Å². The van der Waals surface area contributed by atoms with Crippen molar-refractivity contribution in [2.75, 3.05) is 6.54 Å². The maximum Gasteiger partial charge on any atom is 0.0764 e. The maximum atomic E-state index is 6.02. The first-order valence-electron chi connectivity index (χ1n) is 7.76. The minimum atomic E-state index is 0.391. The molecule has 0 bridgehead atoms. The highest BCUT2D eigenvalue weighted by Crippen LogP contribution is 2.29. The minimum absolute atomic E-state index is 0.391. The summed E-state index contributed by atoms with van der Waals surface area (Å²) in [5.74, 6) is 0. The molecule has 2 heterocycles. The highest BCUT2D eigenvalue weighted by atomic mass is 15.3. The quantitative estimate of drug-likeness (QED) is 0.909. The Kier molecular flexibility index (Phi) is 3.89. The number of rotatable bonds is 3. The Morgan fingerprint density at radius 3 is 2.84 bits per heavy atom. The maximum absolute atomic E-state index is 6.02. The molecule has 1 aromatic heterocycles. The van der Waals surface area contributed by atoms with E-state index in [1.54, 1.807) is 0 Å². The van der Waals surface area contributed by atoms with Gasteiger partial charge in [0.25, 0.3) is 0 Å². The number of aromatic nitrogens is 2. The van der Waals surface area contributed by atoms with Crippen LogP contribution in [0.1, 0.15) is 57.2 Å². The third-order valence-electron chi connectivity index (χ3n) is 4.78. The molecule has 4 heteroatoms. The van der Waals surface area contributed by atoms with Crippen LogP contribution in [0.15, 0.2) is 12.3 Å².